The molecule has 0 aliphatic carbocycles. The molecule has 8 heteroatoms. The fourth-order valence-corrected chi connectivity index (χ4v) is 3.87. The first-order valence-corrected chi connectivity index (χ1v) is 7.89. The normalized spacial score (nSPS) is 19.9. The van der Waals surface area contributed by atoms with Crippen LogP contribution in [-0.4, -0.2) is 52.2 Å². The highest BCUT2D eigenvalue weighted by atomic mass is 35.5. The number of hydrogen-bond acceptors (Lipinski definition) is 5. The zero-order chi connectivity index (χ0) is 14.8. The van der Waals surface area contributed by atoms with Crippen molar-refractivity contribution in [1.29, 1.82) is 0 Å². The van der Waals surface area contributed by atoms with E-state index in [1.165, 1.54) is 11.4 Å². The fourth-order valence-electron chi connectivity index (χ4n) is 2.18. The van der Waals surface area contributed by atoms with Gasteiger partial charge >= 0.3 is 0 Å². The molecule has 21 heavy (non-hydrogen) atoms. The lowest BCUT2D eigenvalue weighted by Gasteiger charge is -2.31. The number of halogens is 1. The van der Waals surface area contributed by atoms with Crippen LogP contribution in [-0.2, 0) is 14.8 Å². The molecule has 6 nitrogen and oxygen atoms in total. The number of rotatable bonds is 4. The minimum atomic E-state index is -3.60. The number of hydrogen-bond donors (Lipinski definition) is 1. The van der Waals surface area contributed by atoms with Crippen LogP contribution >= 0.6 is 12.4 Å². The Morgan fingerprint density at radius 2 is 2.19 bits per heavy atom. The van der Waals surface area contributed by atoms with E-state index >= 15 is 0 Å². The number of benzene rings is 1. The molecule has 1 aromatic rings. The van der Waals surface area contributed by atoms with Gasteiger partial charge in [-0.2, -0.15) is 4.31 Å². The van der Waals surface area contributed by atoms with E-state index < -0.39 is 10.0 Å². The molecule has 1 atom stereocenters. The predicted octanol–water partition coefficient (Wildman–Crippen LogP) is 0.774. The second-order valence-electron chi connectivity index (χ2n) is 4.75. The van der Waals surface area contributed by atoms with Gasteiger partial charge in [-0.3, -0.25) is 0 Å². The standard InChI is InChI=1S/C13H20N2O4S.ClH/c1-10-3-4-12(18-2)13(7-10)20(16,17)15-5-6-19-11(8-14)9-15;/h3-4,7,11H,5-6,8-9,14H2,1-2H3;1H. The van der Waals surface area contributed by atoms with Crippen molar-refractivity contribution in [3.05, 3.63) is 23.8 Å². The second-order valence-corrected chi connectivity index (χ2v) is 6.65. The van der Waals surface area contributed by atoms with Gasteiger partial charge in [0.1, 0.15) is 10.6 Å². The number of ether oxygens (including phenoxy) is 2. The average molecular weight is 337 g/mol. The number of nitrogens with zero attached hydrogens (tertiary/aromatic N) is 1. The summed E-state index contributed by atoms with van der Waals surface area (Å²) >= 11 is 0. The lowest BCUT2D eigenvalue weighted by molar-refractivity contribution is 0.00447. The summed E-state index contributed by atoms with van der Waals surface area (Å²) in [5.41, 5.74) is 6.42. The molecule has 1 fully saturated rings. The summed E-state index contributed by atoms with van der Waals surface area (Å²) in [4.78, 5) is 0.192. The monoisotopic (exact) mass is 336 g/mol. The van der Waals surface area contributed by atoms with Crippen LogP contribution in [0.5, 0.6) is 5.75 Å². The summed E-state index contributed by atoms with van der Waals surface area (Å²) in [7, 11) is -2.13. The van der Waals surface area contributed by atoms with Crippen LogP contribution < -0.4 is 10.5 Å². The van der Waals surface area contributed by atoms with Gasteiger partial charge in [-0.1, -0.05) is 6.07 Å². The highest BCUT2D eigenvalue weighted by molar-refractivity contribution is 7.89. The Morgan fingerprint density at radius 3 is 2.81 bits per heavy atom. The number of morpholine rings is 1. The minimum Gasteiger partial charge on any atom is -0.495 e. The average Bonchev–Trinajstić information content (AvgIpc) is 2.47. The van der Waals surface area contributed by atoms with Crippen molar-refractivity contribution < 1.29 is 17.9 Å². The molecule has 0 spiro atoms. The summed E-state index contributed by atoms with van der Waals surface area (Å²) in [6.45, 7) is 3.11. The van der Waals surface area contributed by atoms with E-state index in [9.17, 15) is 8.42 Å². The van der Waals surface area contributed by atoms with E-state index in [2.05, 4.69) is 0 Å². The van der Waals surface area contributed by atoms with Crippen molar-refractivity contribution in [2.45, 2.75) is 17.9 Å². The fraction of sp³-hybridized carbons (Fsp3) is 0.538. The van der Waals surface area contributed by atoms with Crippen LogP contribution in [0, 0.1) is 6.92 Å². The van der Waals surface area contributed by atoms with Gasteiger partial charge in [-0.05, 0) is 24.6 Å². The third kappa shape index (κ3) is 3.87. The molecule has 1 aromatic carbocycles. The number of aryl methyl sites for hydroxylation is 1. The van der Waals surface area contributed by atoms with Crippen LogP contribution in [0.4, 0.5) is 0 Å². The van der Waals surface area contributed by atoms with E-state index in [-0.39, 0.29) is 30.0 Å². The van der Waals surface area contributed by atoms with Crippen LogP contribution in [0.15, 0.2) is 23.1 Å². The quantitative estimate of drug-likeness (QED) is 0.878. The Morgan fingerprint density at radius 1 is 1.48 bits per heavy atom. The minimum absolute atomic E-state index is 0. The van der Waals surface area contributed by atoms with Crippen molar-refractivity contribution in [2.24, 2.45) is 5.73 Å². The molecule has 1 aliphatic heterocycles. The molecule has 0 bridgehead atoms. The van der Waals surface area contributed by atoms with Crippen molar-refractivity contribution in [1.82, 2.24) is 4.31 Å². The van der Waals surface area contributed by atoms with E-state index in [0.29, 0.717) is 25.4 Å². The molecular formula is C13H21ClN2O4S. The summed E-state index contributed by atoms with van der Waals surface area (Å²) in [6.07, 6.45) is -0.255. The molecule has 1 saturated heterocycles. The van der Waals surface area contributed by atoms with Gasteiger partial charge in [0.25, 0.3) is 0 Å². The van der Waals surface area contributed by atoms with E-state index in [1.807, 2.05) is 13.0 Å². The third-order valence-electron chi connectivity index (χ3n) is 3.30. The van der Waals surface area contributed by atoms with Crippen LogP contribution in [0.3, 0.4) is 0 Å². The molecule has 0 amide bonds. The molecule has 0 aromatic heterocycles. The molecule has 0 saturated carbocycles. The molecule has 1 unspecified atom stereocenters. The molecule has 120 valence electrons. The van der Waals surface area contributed by atoms with E-state index in [1.54, 1.807) is 12.1 Å². The zero-order valence-corrected chi connectivity index (χ0v) is 13.7. The first-order valence-electron chi connectivity index (χ1n) is 6.45. The Bertz CT molecular complexity index is 580. The SMILES string of the molecule is COc1ccc(C)cc1S(=O)(=O)N1CCOC(CN)C1.Cl. The first-order chi connectivity index (χ1) is 9.48. The highest BCUT2D eigenvalue weighted by Crippen LogP contribution is 2.28. The maximum atomic E-state index is 12.7. The lowest BCUT2D eigenvalue weighted by atomic mass is 10.2. The summed E-state index contributed by atoms with van der Waals surface area (Å²) in [5, 5.41) is 0. The van der Waals surface area contributed by atoms with Gasteiger partial charge < -0.3 is 15.2 Å². The molecule has 1 heterocycles. The maximum absolute atomic E-state index is 12.7. The third-order valence-corrected chi connectivity index (χ3v) is 5.19. The van der Waals surface area contributed by atoms with E-state index in [4.69, 9.17) is 15.2 Å². The smallest absolute Gasteiger partial charge is 0.246 e. The molecule has 2 rings (SSSR count). The van der Waals surface area contributed by atoms with Crippen molar-refractivity contribution in [3.8, 4) is 5.75 Å². The maximum Gasteiger partial charge on any atom is 0.246 e. The number of nitrogens with two attached hydrogens (primary N) is 1. The van der Waals surface area contributed by atoms with Gasteiger partial charge in [0, 0.05) is 19.6 Å². The Labute approximate surface area is 131 Å². The molecule has 1 aliphatic rings. The highest BCUT2D eigenvalue weighted by Gasteiger charge is 2.32. The molecule has 2 N–H and O–H groups in total. The van der Waals surface area contributed by atoms with Crippen LogP contribution in [0.2, 0.25) is 0 Å². The topological polar surface area (TPSA) is 81.9 Å². The largest absolute Gasteiger partial charge is 0.495 e. The Hall–Kier alpha value is -0.860. The summed E-state index contributed by atoms with van der Waals surface area (Å²) in [5.74, 6) is 0.353. The lowest BCUT2D eigenvalue weighted by Crippen LogP contribution is -2.48. The predicted molar refractivity (Wildman–Crippen MR) is 82.5 cm³/mol. The molecular weight excluding hydrogens is 316 g/mol. The number of methoxy groups -OCH3 is 1. The van der Waals surface area contributed by atoms with Gasteiger partial charge in [0.05, 0.1) is 19.8 Å². The summed E-state index contributed by atoms with van der Waals surface area (Å²) in [6, 6.07) is 5.12. The first kappa shape index (κ1) is 18.2. The van der Waals surface area contributed by atoms with Crippen molar-refractivity contribution in [3.63, 3.8) is 0 Å². The summed E-state index contributed by atoms with van der Waals surface area (Å²) < 4.78 is 37.4. The van der Waals surface area contributed by atoms with Gasteiger partial charge in [0.2, 0.25) is 10.0 Å². The number of sulfonamides is 1. The Kier molecular flexibility index (Phi) is 6.42. The van der Waals surface area contributed by atoms with Gasteiger partial charge in [0.15, 0.2) is 0 Å². The molecule has 0 radical (unpaired) electrons. The second kappa shape index (κ2) is 7.42. The van der Waals surface area contributed by atoms with E-state index in [0.717, 1.165) is 5.56 Å². The zero-order valence-electron chi connectivity index (χ0n) is 12.1. The van der Waals surface area contributed by atoms with Crippen LogP contribution in [0.25, 0.3) is 0 Å². The Balaban J connectivity index is 0.00000220. The van der Waals surface area contributed by atoms with Crippen molar-refractivity contribution >= 4 is 22.4 Å². The van der Waals surface area contributed by atoms with Gasteiger partial charge in [-0.25, -0.2) is 8.42 Å². The van der Waals surface area contributed by atoms with Crippen molar-refractivity contribution in [2.75, 3.05) is 33.4 Å². The van der Waals surface area contributed by atoms with Crippen LogP contribution in [0.1, 0.15) is 5.56 Å². The van der Waals surface area contributed by atoms with Gasteiger partial charge in [-0.15, -0.1) is 12.4 Å².